The van der Waals surface area contributed by atoms with Gasteiger partial charge in [0.05, 0.1) is 0 Å². The Hall–Kier alpha value is -2.13. The van der Waals surface area contributed by atoms with Gasteiger partial charge in [-0.1, -0.05) is 37.1 Å². The van der Waals surface area contributed by atoms with Gasteiger partial charge in [-0.25, -0.2) is 4.98 Å². The van der Waals surface area contributed by atoms with Crippen molar-refractivity contribution in [1.82, 2.24) is 10.3 Å². The van der Waals surface area contributed by atoms with Gasteiger partial charge < -0.3 is 9.73 Å². The first kappa shape index (κ1) is 13.5. The van der Waals surface area contributed by atoms with Gasteiger partial charge >= 0.3 is 0 Å². The number of rotatable bonds is 4. The molecule has 1 fully saturated rings. The molecule has 1 N–H and O–H groups in total. The van der Waals surface area contributed by atoms with Crippen molar-refractivity contribution in [2.45, 2.75) is 38.3 Å². The summed E-state index contributed by atoms with van der Waals surface area (Å²) < 4.78 is 5.86. The maximum atomic E-state index is 5.86. The van der Waals surface area contributed by atoms with Crippen molar-refractivity contribution in [2.75, 3.05) is 0 Å². The predicted molar refractivity (Wildman–Crippen MR) is 88.5 cm³/mol. The first-order valence-electron chi connectivity index (χ1n) is 8.07. The highest BCUT2D eigenvalue weighted by Crippen LogP contribution is 2.25. The maximum Gasteiger partial charge on any atom is 0.227 e. The minimum atomic E-state index is 0.688. The Morgan fingerprint density at radius 1 is 1.05 bits per heavy atom. The highest BCUT2D eigenvalue weighted by molar-refractivity contribution is 5.76. The van der Waals surface area contributed by atoms with Crippen molar-refractivity contribution >= 4 is 11.1 Å². The molecule has 0 unspecified atom stereocenters. The zero-order chi connectivity index (χ0) is 14.8. The Morgan fingerprint density at radius 3 is 2.68 bits per heavy atom. The highest BCUT2D eigenvalue weighted by Gasteiger charge is 2.14. The van der Waals surface area contributed by atoms with Crippen LogP contribution in [-0.2, 0) is 6.54 Å². The van der Waals surface area contributed by atoms with E-state index in [-0.39, 0.29) is 0 Å². The van der Waals surface area contributed by atoms with E-state index in [0.29, 0.717) is 11.9 Å². The summed E-state index contributed by atoms with van der Waals surface area (Å²) in [6.07, 6.45) is 5.34. The monoisotopic (exact) mass is 292 g/mol. The van der Waals surface area contributed by atoms with Crippen molar-refractivity contribution in [2.24, 2.45) is 0 Å². The van der Waals surface area contributed by atoms with Crippen LogP contribution < -0.4 is 5.32 Å². The summed E-state index contributed by atoms with van der Waals surface area (Å²) in [5.41, 5.74) is 4.07. The first-order chi connectivity index (χ1) is 10.9. The van der Waals surface area contributed by atoms with Crippen LogP contribution in [0.25, 0.3) is 22.6 Å². The van der Waals surface area contributed by atoms with Gasteiger partial charge in [-0.05, 0) is 42.7 Å². The lowest BCUT2D eigenvalue weighted by atomic mass is 10.2. The Balaban J connectivity index is 1.55. The smallest absolute Gasteiger partial charge is 0.227 e. The fourth-order valence-electron chi connectivity index (χ4n) is 3.18. The van der Waals surface area contributed by atoms with Gasteiger partial charge in [-0.15, -0.1) is 0 Å². The molecule has 0 atom stereocenters. The van der Waals surface area contributed by atoms with Crippen LogP contribution in [0.4, 0.5) is 0 Å². The maximum absolute atomic E-state index is 5.86. The standard InChI is InChI=1S/C19H20N2O/c1-2-6-15(7-3-1)19-21-17-12-14(10-11-18(17)22-19)13-20-16-8-4-5-9-16/h1-3,6-7,10-12,16,20H,4-5,8-9,13H2. The van der Waals surface area contributed by atoms with E-state index in [9.17, 15) is 0 Å². The molecule has 0 amide bonds. The fraction of sp³-hybridized carbons (Fsp3) is 0.316. The second-order valence-electron chi connectivity index (χ2n) is 6.05. The molecule has 4 rings (SSSR count). The molecule has 3 nitrogen and oxygen atoms in total. The Morgan fingerprint density at radius 2 is 1.86 bits per heavy atom. The van der Waals surface area contributed by atoms with Gasteiger partial charge in [0.25, 0.3) is 0 Å². The molecule has 0 aliphatic heterocycles. The quantitative estimate of drug-likeness (QED) is 0.768. The third kappa shape index (κ3) is 2.77. The minimum absolute atomic E-state index is 0.688. The van der Waals surface area contributed by atoms with E-state index in [4.69, 9.17) is 4.42 Å². The second kappa shape index (κ2) is 5.93. The molecular weight excluding hydrogens is 272 g/mol. The van der Waals surface area contributed by atoms with Crippen molar-refractivity contribution in [3.05, 3.63) is 54.1 Å². The summed E-state index contributed by atoms with van der Waals surface area (Å²) in [5, 5.41) is 3.64. The molecule has 2 aromatic carbocycles. The molecule has 1 saturated carbocycles. The van der Waals surface area contributed by atoms with Crippen molar-refractivity contribution in [3.8, 4) is 11.5 Å². The molecule has 0 radical (unpaired) electrons. The number of hydrogen-bond donors (Lipinski definition) is 1. The van der Waals surface area contributed by atoms with E-state index in [2.05, 4.69) is 22.4 Å². The van der Waals surface area contributed by atoms with E-state index in [0.717, 1.165) is 23.2 Å². The topological polar surface area (TPSA) is 38.1 Å². The van der Waals surface area contributed by atoms with Crippen LogP contribution in [0.2, 0.25) is 0 Å². The molecule has 0 spiro atoms. The number of nitrogens with zero attached hydrogens (tertiary/aromatic N) is 1. The largest absolute Gasteiger partial charge is 0.436 e. The van der Waals surface area contributed by atoms with Crippen LogP contribution in [0.15, 0.2) is 52.9 Å². The summed E-state index contributed by atoms with van der Waals surface area (Å²) in [6.45, 7) is 0.911. The van der Waals surface area contributed by atoms with E-state index < -0.39 is 0 Å². The van der Waals surface area contributed by atoms with Gasteiger partial charge in [-0.2, -0.15) is 0 Å². The number of nitrogens with one attached hydrogen (secondary N) is 1. The van der Waals surface area contributed by atoms with Gasteiger partial charge in [0.15, 0.2) is 5.58 Å². The SMILES string of the molecule is c1ccc(-c2nc3cc(CNC4CCCC4)ccc3o2)cc1. The van der Waals surface area contributed by atoms with E-state index >= 15 is 0 Å². The summed E-state index contributed by atoms with van der Waals surface area (Å²) in [4.78, 5) is 4.63. The van der Waals surface area contributed by atoms with E-state index in [1.165, 1.54) is 31.2 Å². The number of fused-ring (bicyclic) bond motifs is 1. The lowest BCUT2D eigenvalue weighted by Gasteiger charge is -2.11. The minimum Gasteiger partial charge on any atom is -0.436 e. The third-order valence-electron chi connectivity index (χ3n) is 4.42. The van der Waals surface area contributed by atoms with Crippen LogP contribution in [0.5, 0.6) is 0 Å². The fourth-order valence-corrected chi connectivity index (χ4v) is 3.18. The zero-order valence-electron chi connectivity index (χ0n) is 12.6. The Labute approximate surface area is 130 Å². The molecule has 0 saturated heterocycles. The lowest BCUT2D eigenvalue weighted by Crippen LogP contribution is -2.25. The molecule has 112 valence electrons. The third-order valence-corrected chi connectivity index (χ3v) is 4.42. The Kier molecular flexibility index (Phi) is 3.65. The number of oxazole rings is 1. The molecule has 1 aromatic heterocycles. The zero-order valence-corrected chi connectivity index (χ0v) is 12.6. The Bertz CT molecular complexity index is 757. The molecular formula is C19H20N2O. The van der Waals surface area contributed by atoms with Crippen molar-refractivity contribution < 1.29 is 4.42 Å². The number of hydrogen-bond acceptors (Lipinski definition) is 3. The second-order valence-corrected chi connectivity index (χ2v) is 6.05. The van der Waals surface area contributed by atoms with Crippen LogP contribution in [0.3, 0.4) is 0 Å². The highest BCUT2D eigenvalue weighted by atomic mass is 16.3. The number of benzene rings is 2. The van der Waals surface area contributed by atoms with Crippen LogP contribution in [0, 0.1) is 0 Å². The lowest BCUT2D eigenvalue weighted by molar-refractivity contribution is 0.524. The van der Waals surface area contributed by atoms with Crippen LogP contribution in [0.1, 0.15) is 31.2 Å². The molecule has 1 aliphatic rings. The average molecular weight is 292 g/mol. The molecule has 3 aromatic rings. The van der Waals surface area contributed by atoms with Crippen LogP contribution >= 0.6 is 0 Å². The normalized spacial score (nSPS) is 15.6. The summed E-state index contributed by atoms with van der Waals surface area (Å²) in [6, 6.07) is 17.0. The summed E-state index contributed by atoms with van der Waals surface area (Å²) in [5.74, 6) is 0.691. The molecule has 1 heterocycles. The van der Waals surface area contributed by atoms with Gasteiger partial charge in [0.1, 0.15) is 5.52 Å². The summed E-state index contributed by atoms with van der Waals surface area (Å²) >= 11 is 0. The summed E-state index contributed by atoms with van der Waals surface area (Å²) in [7, 11) is 0. The van der Waals surface area contributed by atoms with Crippen molar-refractivity contribution in [3.63, 3.8) is 0 Å². The first-order valence-corrected chi connectivity index (χ1v) is 8.07. The van der Waals surface area contributed by atoms with Crippen molar-refractivity contribution in [1.29, 1.82) is 0 Å². The van der Waals surface area contributed by atoms with E-state index in [1.807, 2.05) is 36.4 Å². The van der Waals surface area contributed by atoms with Crippen LogP contribution in [-0.4, -0.2) is 11.0 Å². The van der Waals surface area contributed by atoms with E-state index in [1.54, 1.807) is 0 Å². The predicted octanol–water partition coefficient (Wildman–Crippen LogP) is 4.53. The average Bonchev–Trinajstić information content (AvgIpc) is 3.22. The number of aromatic nitrogens is 1. The molecule has 0 bridgehead atoms. The molecule has 3 heteroatoms. The molecule has 22 heavy (non-hydrogen) atoms. The molecule has 1 aliphatic carbocycles. The van der Waals surface area contributed by atoms with Gasteiger partial charge in [-0.3, -0.25) is 0 Å². The van der Waals surface area contributed by atoms with Gasteiger partial charge in [0, 0.05) is 18.2 Å². The van der Waals surface area contributed by atoms with Gasteiger partial charge in [0.2, 0.25) is 5.89 Å².